The second-order valence-corrected chi connectivity index (χ2v) is 17.1. The molecule has 56 heavy (non-hydrogen) atoms. The smallest absolute Gasteiger partial charge is 0.329 e. The zero-order valence-corrected chi connectivity index (χ0v) is 34.4. The van der Waals surface area contributed by atoms with Gasteiger partial charge in [0.1, 0.15) is 24.0 Å². The standard InChI is InChI=1S/C43H67NO12/c1-9-12-30-18-24(2)17-25(3)19-36(53-7)39-37(54-8)21-27(5)43(52,56-39)40(49)41(50)44-16-11-10-13-31(44)42(51)55-38(28(6)33(46)23-34(30)47)26(4)20-29-14-15-32(45)35(48)22-29/h9,18,20,25,27-33,35-39,45-46,48,52H,1,10-17,19,21-23H2,2-8H3/b24-18-,26-20+/t25-,27+,28+,29-,30+,31-,32+,33-,35+,36-,37-,38+,39+,43+/m0/s1. The van der Waals surface area contributed by atoms with Crippen LogP contribution in [0.25, 0.3) is 0 Å². The minimum atomic E-state index is -2.52. The molecule has 0 unspecified atom stereocenters. The molecule has 3 fully saturated rings. The minimum Gasteiger partial charge on any atom is -0.456 e. The number of methoxy groups -OCH3 is 2. The molecule has 4 N–H and O–H groups in total. The molecule has 3 aliphatic heterocycles. The molecule has 14 atom stereocenters. The van der Waals surface area contributed by atoms with Gasteiger partial charge < -0.3 is 44.3 Å². The summed E-state index contributed by atoms with van der Waals surface area (Å²) in [5, 5.41) is 44.1. The van der Waals surface area contributed by atoms with E-state index in [9.17, 15) is 39.6 Å². The van der Waals surface area contributed by atoms with E-state index < -0.39 is 90.0 Å². The van der Waals surface area contributed by atoms with Crippen molar-refractivity contribution in [2.75, 3.05) is 20.8 Å². The van der Waals surface area contributed by atoms with Crippen LogP contribution in [0.15, 0.2) is 36.0 Å². The maximum atomic E-state index is 14.2. The molecule has 2 bridgehead atoms. The third-order valence-corrected chi connectivity index (χ3v) is 12.6. The molecule has 0 aromatic carbocycles. The molecule has 0 aromatic heterocycles. The molecule has 4 aliphatic rings. The van der Waals surface area contributed by atoms with Crippen LogP contribution in [0.3, 0.4) is 0 Å². The maximum absolute atomic E-state index is 14.2. The van der Waals surface area contributed by atoms with Crippen LogP contribution in [0, 0.1) is 29.6 Å². The Kier molecular flexibility index (Phi) is 16.6. The first-order chi connectivity index (χ1) is 26.4. The topological polar surface area (TPSA) is 189 Å². The number of ether oxygens (including phenoxy) is 4. The summed E-state index contributed by atoms with van der Waals surface area (Å²) in [5.41, 5.74) is 1.54. The number of allylic oxidation sites excluding steroid dienone is 4. The van der Waals surface area contributed by atoms with Gasteiger partial charge in [0.25, 0.3) is 11.7 Å². The first kappa shape index (κ1) is 45.9. The molecule has 13 nitrogen and oxygen atoms in total. The SMILES string of the molecule is C=CC[C@@H]1/C=C(/C)C[C@H](C)C[C@H](OC)[C@H]2O[C@@](O)(C(=O)C(=O)N3CCCC[C@H]3C(=O)O[C@H](/C(C)=C/[C@@H]3CC[C@@H](O)[C@H](O)C3)[C@H](C)[C@@H](O)CC1=O)[C@H](C)C[C@@H]2OC. The van der Waals surface area contributed by atoms with Crippen molar-refractivity contribution in [1.29, 1.82) is 0 Å². The second-order valence-electron chi connectivity index (χ2n) is 17.1. The molecule has 0 aromatic rings. The molecule has 316 valence electrons. The lowest BCUT2D eigenvalue weighted by molar-refractivity contribution is -0.302. The third-order valence-electron chi connectivity index (χ3n) is 12.6. The van der Waals surface area contributed by atoms with Crippen LogP contribution in [0.5, 0.6) is 0 Å². The Bertz CT molecular complexity index is 1460. The van der Waals surface area contributed by atoms with Gasteiger partial charge in [0.15, 0.2) is 0 Å². The monoisotopic (exact) mass is 789 g/mol. The Morgan fingerprint density at radius 1 is 0.946 bits per heavy atom. The number of ketones is 2. The van der Waals surface area contributed by atoms with Crippen molar-refractivity contribution in [1.82, 2.24) is 4.90 Å². The number of carbonyl (C=O) groups excluding carboxylic acids is 4. The predicted octanol–water partition coefficient (Wildman–Crippen LogP) is 3.98. The lowest BCUT2D eigenvalue weighted by atomic mass is 9.81. The summed E-state index contributed by atoms with van der Waals surface area (Å²) in [6, 6.07) is -1.16. The van der Waals surface area contributed by atoms with Gasteiger partial charge in [-0.05, 0) is 95.5 Å². The van der Waals surface area contributed by atoms with Gasteiger partial charge in [-0.1, -0.05) is 44.6 Å². The Labute approximate surface area is 332 Å². The predicted molar refractivity (Wildman–Crippen MR) is 208 cm³/mol. The Balaban J connectivity index is 1.78. The zero-order chi connectivity index (χ0) is 41.5. The number of rotatable bonds is 6. The van der Waals surface area contributed by atoms with Crippen molar-refractivity contribution in [3.05, 3.63) is 36.0 Å². The fourth-order valence-corrected chi connectivity index (χ4v) is 9.19. The van der Waals surface area contributed by atoms with E-state index in [-0.39, 0.29) is 43.4 Å². The number of amides is 1. The van der Waals surface area contributed by atoms with Crippen LogP contribution in [0.4, 0.5) is 0 Å². The highest BCUT2D eigenvalue weighted by molar-refractivity contribution is 6.39. The van der Waals surface area contributed by atoms with Crippen LogP contribution < -0.4 is 0 Å². The second kappa shape index (κ2) is 20.3. The number of fused-ring (bicyclic) bond motifs is 3. The molecule has 13 heteroatoms. The van der Waals surface area contributed by atoms with Gasteiger partial charge >= 0.3 is 5.97 Å². The van der Waals surface area contributed by atoms with E-state index in [0.717, 1.165) is 10.5 Å². The van der Waals surface area contributed by atoms with Crippen LogP contribution in [-0.2, 0) is 38.1 Å². The van der Waals surface area contributed by atoms with E-state index in [0.29, 0.717) is 56.9 Å². The molecular formula is C43H67NO12. The van der Waals surface area contributed by atoms with E-state index in [2.05, 4.69) is 6.58 Å². The summed E-state index contributed by atoms with van der Waals surface area (Å²) >= 11 is 0. The number of Topliss-reactive ketones (excluding diaryl/α,β-unsaturated/α-hetero) is 2. The van der Waals surface area contributed by atoms with Crippen LogP contribution in [0.1, 0.15) is 105 Å². The van der Waals surface area contributed by atoms with Crippen molar-refractivity contribution in [2.45, 2.75) is 160 Å². The first-order valence-corrected chi connectivity index (χ1v) is 20.5. The van der Waals surface area contributed by atoms with E-state index in [1.807, 2.05) is 26.0 Å². The molecule has 2 saturated heterocycles. The normalized spacial score (nSPS) is 41.5. The number of carbonyl (C=O) groups is 4. The van der Waals surface area contributed by atoms with E-state index in [1.54, 1.807) is 26.8 Å². The average molecular weight is 790 g/mol. The molecule has 0 radical (unpaired) electrons. The van der Waals surface area contributed by atoms with E-state index >= 15 is 0 Å². The number of piperidine rings is 1. The molecular weight excluding hydrogens is 722 g/mol. The van der Waals surface area contributed by atoms with Gasteiger partial charge in [-0.15, -0.1) is 6.58 Å². The highest BCUT2D eigenvalue weighted by atomic mass is 16.7. The quantitative estimate of drug-likeness (QED) is 0.172. The van der Waals surface area contributed by atoms with Crippen molar-refractivity contribution in [3.8, 4) is 0 Å². The number of aliphatic hydroxyl groups is 4. The highest BCUT2D eigenvalue weighted by Gasteiger charge is 2.56. The molecule has 3 heterocycles. The molecule has 1 saturated carbocycles. The average Bonchev–Trinajstić information content (AvgIpc) is 3.16. The number of hydrogen-bond acceptors (Lipinski definition) is 12. The largest absolute Gasteiger partial charge is 0.456 e. The van der Waals surface area contributed by atoms with Crippen molar-refractivity contribution >= 4 is 23.4 Å². The van der Waals surface area contributed by atoms with Crippen molar-refractivity contribution in [3.63, 3.8) is 0 Å². The maximum Gasteiger partial charge on any atom is 0.329 e. The van der Waals surface area contributed by atoms with Crippen LogP contribution in [-0.4, -0.2) is 124 Å². The number of esters is 1. The zero-order valence-electron chi connectivity index (χ0n) is 34.4. The molecule has 0 spiro atoms. The van der Waals surface area contributed by atoms with Crippen LogP contribution in [0.2, 0.25) is 0 Å². The van der Waals surface area contributed by atoms with Gasteiger partial charge in [0, 0.05) is 44.9 Å². The van der Waals surface area contributed by atoms with Gasteiger partial charge in [-0.2, -0.15) is 0 Å². The number of hydrogen-bond donors (Lipinski definition) is 4. The van der Waals surface area contributed by atoms with Gasteiger partial charge in [0.2, 0.25) is 5.79 Å². The van der Waals surface area contributed by atoms with Gasteiger partial charge in [-0.25, -0.2) is 4.79 Å². The Hall–Kier alpha value is -2.78. The van der Waals surface area contributed by atoms with Gasteiger partial charge in [-0.3, -0.25) is 14.4 Å². The fourth-order valence-electron chi connectivity index (χ4n) is 9.19. The third kappa shape index (κ3) is 10.8. The molecule has 1 amide bonds. The Morgan fingerprint density at radius 2 is 1.62 bits per heavy atom. The summed E-state index contributed by atoms with van der Waals surface area (Å²) in [6.45, 7) is 13.0. The highest BCUT2D eigenvalue weighted by Crippen LogP contribution is 2.39. The number of nitrogens with zero attached hydrogens (tertiary/aromatic N) is 1. The molecule has 4 rings (SSSR count). The van der Waals surface area contributed by atoms with E-state index in [1.165, 1.54) is 14.2 Å². The van der Waals surface area contributed by atoms with E-state index in [4.69, 9.17) is 18.9 Å². The van der Waals surface area contributed by atoms with Gasteiger partial charge in [0.05, 0.1) is 30.5 Å². The van der Waals surface area contributed by atoms with Crippen LogP contribution >= 0.6 is 0 Å². The molecule has 1 aliphatic carbocycles. The lowest BCUT2D eigenvalue weighted by Gasteiger charge is -2.47. The summed E-state index contributed by atoms with van der Waals surface area (Å²) in [7, 11) is 3.04. The first-order valence-electron chi connectivity index (χ1n) is 20.5. The summed E-state index contributed by atoms with van der Waals surface area (Å²) < 4.78 is 24.1. The fraction of sp³-hybridized carbons (Fsp3) is 0.767. The summed E-state index contributed by atoms with van der Waals surface area (Å²) in [6.07, 6.45) is 3.36. The van der Waals surface area contributed by atoms with Crippen molar-refractivity contribution in [2.24, 2.45) is 29.6 Å². The minimum absolute atomic E-state index is 0.00242. The number of cyclic esters (lactones) is 1. The number of aliphatic hydroxyl groups excluding tert-OH is 3. The Morgan fingerprint density at radius 3 is 2.27 bits per heavy atom. The lowest BCUT2D eigenvalue weighted by Crippen LogP contribution is -2.64. The summed E-state index contributed by atoms with van der Waals surface area (Å²) in [5.74, 6) is -8.03. The van der Waals surface area contributed by atoms with Crippen molar-refractivity contribution < 1.29 is 58.6 Å². The summed E-state index contributed by atoms with van der Waals surface area (Å²) in [4.78, 5) is 57.6.